The van der Waals surface area contributed by atoms with E-state index in [1.807, 2.05) is 13.8 Å². The fraction of sp³-hybridized carbons (Fsp3) is 0.400. The first kappa shape index (κ1) is 14.1. The predicted octanol–water partition coefficient (Wildman–Crippen LogP) is 3.83. The molecule has 5 heteroatoms. The summed E-state index contributed by atoms with van der Waals surface area (Å²) in [6.45, 7) is 3.66. The third-order valence-electron chi connectivity index (χ3n) is 1.97. The Kier molecular flexibility index (Phi) is 4.46. The number of hydrogen-bond acceptors (Lipinski definition) is 1. The Balaban J connectivity index is 0.00000196. The van der Waals surface area contributed by atoms with Crippen LogP contribution in [0.15, 0.2) is 18.2 Å². The average molecular weight is 240 g/mol. The zero-order chi connectivity index (χ0) is 10.9. The van der Waals surface area contributed by atoms with Gasteiger partial charge >= 0.3 is 6.18 Å². The molecule has 0 heterocycles. The molecular weight excluding hydrogens is 227 g/mol. The van der Waals surface area contributed by atoms with Gasteiger partial charge in [-0.1, -0.05) is 13.8 Å². The summed E-state index contributed by atoms with van der Waals surface area (Å²) in [5.41, 5.74) is 5.48. The summed E-state index contributed by atoms with van der Waals surface area (Å²) in [5, 5.41) is 0. The lowest BCUT2D eigenvalue weighted by molar-refractivity contribution is -0.137. The quantitative estimate of drug-likeness (QED) is 0.741. The van der Waals surface area contributed by atoms with Crippen LogP contribution in [-0.2, 0) is 6.18 Å². The minimum absolute atomic E-state index is 0. The van der Waals surface area contributed by atoms with Gasteiger partial charge in [-0.15, -0.1) is 12.4 Å². The van der Waals surface area contributed by atoms with Crippen molar-refractivity contribution in [3.63, 3.8) is 0 Å². The summed E-state index contributed by atoms with van der Waals surface area (Å²) >= 11 is 0. The van der Waals surface area contributed by atoms with E-state index in [9.17, 15) is 13.2 Å². The van der Waals surface area contributed by atoms with Crippen LogP contribution in [0.3, 0.4) is 0 Å². The van der Waals surface area contributed by atoms with Crippen LogP contribution in [0.4, 0.5) is 18.9 Å². The molecule has 1 aromatic rings. The van der Waals surface area contributed by atoms with Gasteiger partial charge in [-0.2, -0.15) is 13.2 Å². The summed E-state index contributed by atoms with van der Waals surface area (Å²) < 4.78 is 37.1. The molecule has 0 bridgehead atoms. The number of alkyl halides is 3. The van der Waals surface area contributed by atoms with Crippen LogP contribution in [0.2, 0.25) is 0 Å². The lowest BCUT2D eigenvalue weighted by Gasteiger charge is -2.12. The van der Waals surface area contributed by atoms with E-state index in [4.69, 9.17) is 5.73 Å². The second kappa shape index (κ2) is 4.75. The van der Waals surface area contributed by atoms with E-state index in [2.05, 4.69) is 0 Å². The first-order valence-corrected chi connectivity index (χ1v) is 4.28. The minimum atomic E-state index is -4.32. The number of nitrogens with two attached hydrogens (primary N) is 1. The molecule has 1 rings (SSSR count). The molecule has 0 fully saturated rings. The van der Waals surface area contributed by atoms with E-state index < -0.39 is 11.7 Å². The van der Waals surface area contributed by atoms with Crippen LogP contribution in [0.25, 0.3) is 0 Å². The first-order chi connectivity index (χ1) is 6.30. The highest BCUT2D eigenvalue weighted by Crippen LogP contribution is 2.32. The van der Waals surface area contributed by atoms with Crippen LogP contribution in [0, 0.1) is 0 Å². The molecule has 1 nitrogen and oxygen atoms in total. The Labute approximate surface area is 92.9 Å². The second-order valence-corrected chi connectivity index (χ2v) is 3.54. The maximum absolute atomic E-state index is 12.4. The van der Waals surface area contributed by atoms with Crippen molar-refractivity contribution in [1.82, 2.24) is 0 Å². The van der Waals surface area contributed by atoms with E-state index in [1.54, 1.807) is 6.07 Å². The van der Waals surface area contributed by atoms with Gasteiger partial charge in [0.25, 0.3) is 0 Å². The fourth-order valence-electron chi connectivity index (χ4n) is 1.17. The van der Waals surface area contributed by atoms with Crippen molar-refractivity contribution in [1.29, 1.82) is 0 Å². The van der Waals surface area contributed by atoms with Crippen molar-refractivity contribution in [2.24, 2.45) is 0 Å². The molecule has 2 N–H and O–H groups in total. The predicted molar refractivity (Wildman–Crippen MR) is 57.2 cm³/mol. The van der Waals surface area contributed by atoms with Gasteiger partial charge in [0.1, 0.15) is 0 Å². The molecule has 0 aliphatic carbocycles. The highest BCUT2D eigenvalue weighted by Gasteiger charge is 2.31. The number of benzene rings is 1. The Morgan fingerprint density at radius 1 is 1.13 bits per heavy atom. The monoisotopic (exact) mass is 239 g/mol. The summed E-state index contributed by atoms with van der Waals surface area (Å²) in [4.78, 5) is 0. The number of rotatable bonds is 1. The van der Waals surface area contributed by atoms with Gasteiger partial charge in [0.05, 0.1) is 5.56 Å². The van der Waals surface area contributed by atoms with E-state index in [0.29, 0.717) is 5.56 Å². The molecule has 0 aromatic heterocycles. The smallest absolute Gasteiger partial charge is 0.399 e. The largest absolute Gasteiger partial charge is 0.416 e. The van der Waals surface area contributed by atoms with E-state index in [1.165, 1.54) is 0 Å². The van der Waals surface area contributed by atoms with Crippen molar-refractivity contribution >= 4 is 18.1 Å². The molecule has 0 amide bonds. The van der Waals surface area contributed by atoms with Crippen molar-refractivity contribution in [2.45, 2.75) is 25.9 Å². The zero-order valence-electron chi connectivity index (χ0n) is 8.43. The van der Waals surface area contributed by atoms with Crippen molar-refractivity contribution in [2.75, 3.05) is 5.73 Å². The summed E-state index contributed by atoms with van der Waals surface area (Å²) in [7, 11) is 0. The standard InChI is InChI=1S/C10H12F3N.ClH/c1-6(2)7-3-8(10(11,12)13)5-9(14)4-7;/h3-6H,14H2,1-2H3;1H. The molecule has 0 unspecified atom stereocenters. The molecule has 1 aromatic carbocycles. The zero-order valence-corrected chi connectivity index (χ0v) is 9.25. The van der Waals surface area contributed by atoms with Crippen LogP contribution in [0.5, 0.6) is 0 Å². The van der Waals surface area contributed by atoms with Gasteiger partial charge in [0.15, 0.2) is 0 Å². The highest BCUT2D eigenvalue weighted by atomic mass is 35.5. The molecule has 0 aliphatic heterocycles. The Bertz CT molecular complexity index is 334. The molecule has 0 saturated heterocycles. The number of hydrogen-bond donors (Lipinski definition) is 1. The maximum Gasteiger partial charge on any atom is 0.416 e. The Hall–Kier alpha value is -0.900. The maximum atomic E-state index is 12.4. The van der Waals surface area contributed by atoms with Gasteiger partial charge < -0.3 is 5.73 Å². The van der Waals surface area contributed by atoms with Crippen molar-refractivity contribution in [3.05, 3.63) is 29.3 Å². The van der Waals surface area contributed by atoms with Crippen LogP contribution in [0.1, 0.15) is 30.9 Å². The molecule has 0 saturated carbocycles. The third-order valence-corrected chi connectivity index (χ3v) is 1.97. The van der Waals surface area contributed by atoms with Gasteiger partial charge in [0, 0.05) is 5.69 Å². The average Bonchev–Trinajstić information content (AvgIpc) is 2.01. The molecule has 0 radical (unpaired) electrons. The third kappa shape index (κ3) is 3.63. The molecule has 0 aliphatic rings. The van der Waals surface area contributed by atoms with E-state index in [0.717, 1.165) is 12.1 Å². The number of anilines is 1. The van der Waals surface area contributed by atoms with Crippen molar-refractivity contribution < 1.29 is 13.2 Å². The molecule has 86 valence electrons. The van der Waals surface area contributed by atoms with Gasteiger partial charge in [0.2, 0.25) is 0 Å². The minimum Gasteiger partial charge on any atom is -0.399 e. The van der Waals surface area contributed by atoms with Crippen LogP contribution >= 0.6 is 12.4 Å². The topological polar surface area (TPSA) is 26.0 Å². The summed E-state index contributed by atoms with van der Waals surface area (Å²) in [5.74, 6) is 0.0413. The normalized spacial score (nSPS) is 11.3. The lowest BCUT2D eigenvalue weighted by atomic mass is 10.00. The van der Waals surface area contributed by atoms with Gasteiger partial charge in [-0.25, -0.2) is 0 Å². The first-order valence-electron chi connectivity index (χ1n) is 4.28. The van der Waals surface area contributed by atoms with E-state index in [-0.39, 0.29) is 24.0 Å². The second-order valence-electron chi connectivity index (χ2n) is 3.54. The number of halogens is 4. The number of nitrogen functional groups attached to an aromatic ring is 1. The fourth-order valence-corrected chi connectivity index (χ4v) is 1.17. The molecule has 15 heavy (non-hydrogen) atoms. The van der Waals surface area contributed by atoms with Gasteiger partial charge in [-0.3, -0.25) is 0 Å². The van der Waals surface area contributed by atoms with E-state index >= 15 is 0 Å². The Morgan fingerprint density at radius 3 is 2.07 bits per heavy atom. The van der Waals surface area contributed by atoms with Crippen LogP contribution < -0.4 is 5.73 Å². The molecule has 0 atom stereocenters. The van der Waals surface area contributed by atoms with Crippen LogP contribution in [-0.4, -0.2) is 0 Å². The molecule has 0 spiro atoms. The highest BCUT2D eigenvalue weighted by molar-refractivity contribution is 5.85. The Morgan fingerprint density at radius 2 is 1.67 bits per heavy atom. The lowest BCUT2D eigenvalue weighted by Crippen LogP contribution is -2.07. The summed E-state index contributed by atoms with van der Waals surface area (Å²) in [6.07, 6.45) is -4.32. The van der Waals surface area contributed by atoms with Gasteiger partial charge in [-0.05, 0) is 29.7 Å². The summed E-state index contributed by atoms with van der Waals surface area (Å²) in [6, 6.07) is 3.66. The van der Waals surface area contributed by atoms with Crippen molar-refractivity contribution in [3.8, 4) is 0 Å². The SMILES string of the molecule is CC(C)c1cc(N)cc(C(F)(F)F)c1.Cl. The molecular formula is C10H13ClF3N.